The second kappa shape index (κ2) is 7.07. The summed E-state index contributed by atoms with van der Waals surface area (Å²) in [6, 6.07) is 23.8. The van der Waals surface area contributed by atoms with Crippen molar-refractivity contribution in [1.29, 1.82) is 0 Å². The van der Waals surface area contributed by atoms with Crippen LogP contribution in [0.2, 0.25) is 5.02 Å². The largest absolute Gasteiger partial charge is 0.283 e. The van der Waals surface area contributed by atoms with Crippen molar-refractivity contribution in [2.45, 2.75) is 5.75 Å². The van der Waals surface area contributed by atoms with Crippen LogP contribution in [0, 0.1) is 0 Å². The lowest BCUT2D eigenvalue weighted by molar-refractivity contribution is 0.600. The van der Waals surface area contributed by atoms with Crippen molar-refractivity contribution in [2.75, 3.05) is 4.72 Å². The number of hydrogen-bond acceptors (Lipinski definition) is 2. The zero-order valence-corrected chi connectivity index (χ0v) is 14.4. The molecule has 0 aromatic heterocycles. The van der Waals surface area contributed by atoms with Crippen LogP contribution in [0.3, 0.4) is 0 Å². The number of rotatable bonds is 5. The van der Waals surface area contributed by atoms with Crippen molar-refractivity contribution >= 4 is 27.3 Å². The Labute approximate surface area is 147 Å². The van der Waals surface area contributed by atoms with E-state index in [-0.39, 0.29) is 5.75 Å². The smallest absolute Gasteiger partial charge is 0.236 e. The Morgan fingerprint density at radius 1 is 0.792 bits per heavy atom. The second-order valence-corrected chi connectivity index (χ2v) is 7.56. The van der Waals surface area contributed by atoms with Crippen LogP contribution in [0.1, 0.15) is 5.56 Å². The molecule has 3 nitrogen and oxygen atoms in total. The normalized spacial score (nSPS) is 11.2. The molecule has 0 amide bonds. The third kappa shape index (κ3) is 4.16. The van der Waals surface area contributed by atoms with E-state index in [9.17, 15) is 8.42 Å². The monoisotopic (exact) mass is 357 g/mol. The first-order chi connectivity index (χ1) is 11.5. The molecule has 0 aliphatic carbocycles. The zero-order chi connectivity index (χ0) is 17.0. The molecule has 0 fully saturated rings. The van der Waals surface area contributed by atoms with Gasteiger partial charge in [0.25, 0.3) is 0 Å². The minimum Gasteiger partial charge on any atom is -0.283 e. The SMILES string of the molecule is O=S(=O)(Cc1ccc(Cl)cc1)Nc1ccccc1-c1ccccc1. The van der Waals surface area contributed by atoms with E-state index >= 15 is 0 Å². The standard InChI is InChI=1S/C19H16ClNO2S/c20-17-12-10-15(11-13-17)14-24(22,23)21-19-9-5-4-8-18(19)16-6-2-1-3-7-16/h1-13,21H,14H2. The van der Waals surface area contributed by atoms with Crippen LogP contribution in [0.4, 0.5) is 5.69 Å². The van der Waals surface area contributed by atoms with E-state index in [0.29, 0.717) is 16.3 Å². The van der Waals surface area contributed by atoms with E-state index in [4.69, 9.17) is 11.6 Å². The molecule has 3 aromatic rings. The lowest BCUT2D eigenvalue weighted by Crippen LogP contribution is -2.15. The molecular formula is C19H16ClNO2S. The molecule has 0 heterocycles. The van der Waals surface area contributed by atoms with Crippen LogP contribution in [-0.2, 0) is 15.8 Å². The molecule has 0 radical (unpaired) electrons. The van der Waals surface area contributed by atoms with E-state index in [1.807, 2.05) is 48.5 Å². The fourth-order valence-electron chi connectivity index (χ4n) is 2.45. The average Bonchev–Trinajstić information content (AvgIpc) is 2.58. The molecule has 0 aliphatic heterocycles. The summed E-state index contributed by atoms with van der Waals surface area (Å²) >= 11 is 5.84. The lowest BCUT2D eigenvalue weighted by Gasteiger charge is -2.13. The Kier molecular flexibility index (Phi) is 4.88. The predicted octanol–water partition coefficient (Wildman–Crippen LogP) is 4.95. The van der Waals surface area contributed by atoms with E-state index in [1.165, 1.54) is 0 Å². The number of para-hydroxylation sites is 1. The first-order valence-corrected chi connectivity index (χ1v) is 9.46. The number of nitrogens with one attached hydrogen (secondary N) is 1. The van der Waals surface area contributed by atoms with E-state index in [2.05, 4.69) is 4.72 Å². The van der Waals surface area contributed by atoms with Crippen LogP contribution >= 0.6 is 11.6 Å². The molecule has 0 saturated carbocycles. The molecule has 24 heavy (non-hydrogen) atoms. The van der Waals surface area contributed by atoms with E-state index in [0.717, 1.165) is 11.1 Å². The number of anilines is 1. The van der Waals surface area contributed by atoms with Gasteiger partial charge < -0.3 is 0 Å². The Morgan fingerprint density at radius 2 is 1.42 bits per heavy atom. The highest BCUT2D eigenvalue weighted by Crippen LogP contribution is 2.28. The van der Waals surface area contributed by atoms with Gasteiger partial charge in [-0.3, -0.25) is 4.72 Å². The van der Waals surface area contributed by atoms with Crippen LogP contribution in [0.15, 0.2) is 78.9 Å². The van der Waals surface area contributed by atoms with Gasteiger partial charge in [0.15, 0.2) is 0 Å². The highest BCUT2D eigenvalue weighted by Gasteiger charge is 2.14. The highest BCUT2D eigenvalue weighted by atomic mass is 35.5. The van der Waals surface area contributed by atoms with Crippen molar-refractivity contribution in [3.8, 4) is 11.1 Å². The van der Waals surface area contributed by atoms with Crippen LogP contribution in [0.5, 0.6) is 0 Å². The minimum absolute atomic E-state index is 0.104. The van der Waals surface area contributed by atoms with Gasteiger partial charge in [0.05, 0.1) is 11.4 Å². The molecule has 0 atom stereocenters. The van der Waals surface area contributed by atoms with Crippen molar-refractivity contribution in [3.05, 3.63) is 89.4 Å². The number of halogens is 1. The molecule has 3 aromatic carbocycles. The Morgan fingerprint density at radius 3 is 2.12 bits per heavy atom. The van der Waals surface area contributed by atoms with E-state index < -0.39 is 10.0 Å². The average molecular weight is 358 g/mol. The molecule has 0 bridgehead atoms. The summed E-state index contributed by atoms with van der Waals surface area (Å²) in [5, 5.41) is 0.582. The third-order valence-corrected chi connectivity index (χ3v) is 5.04. The molecule has 122 valence electrons. The minimum atomic E-state index is -3.52. The summed E-state index contributed by atoms with van der Waals surface area (Å²) in [4.78, 5) is 0. The van der Waals surface area contributed by atoms with Gasteiger partial charge in [-0.25, -0.2) is 8.42 Å². The molecule has 0 spiro atoms. The fourth-order valence-corrected chi connectivity index (χ4v) is 3.79. The van der Waals surface area contributed by atoms with E-state index in [1.54, 1.807) is 30.3 Å². The topological polar surface area (TPSA) is 46.2 Å². The van der Waals surface area contributed by atoms with Gasteiger partial charge in [0.1, 0.15) is 0 Å². The molecule has 3 rings (SSSR count). The maximum absolute atomic E-state index is 12.5. The zero-order valence-electron chi connectivity index (χ0n) is 12.8. The Hall–Kier alpha value is -2.30. The maximum atomic E-state index is 12.5. The van der Waals surface area contributed by atoms with Gasteiger partial charge in [-0.15, -0.1) is 0 Å². The molecule has 0 saturated heterocycles. The van der Waals surface area contributed by atoms with Crippen LogP contribution in [-0.4, -0.2) is 8.42 Å². The fraction of sp³-hybridized carbons (Fsp3) is 0.0526. The summed E-state index contributed by atoms with van der Waals surface area (Å²) in [7, 11) is -3.52. The highest BCUT2D eigenvalue weighted by molar-refractivity contribution is 7.91. The second-order valence-electron chi connectivity index (χ2n) is 5.40. The maximum Gasteiger partial charge on any atom is 0.236 e. The van der Waals surface area contributed by atoms with Gasteiger partial charge in [0, 0.05) is 10.6 Å². The summed E-state index contributed by atoms with van der Waals surface area (Å²) in [5.41, 5.74) is 3.06. The van der Waals surface area contributed by atoms with Crippen molar-refractivity contribution < 1.29 is 8.42 Å². The summed E-state index contributed by atoms with van der Waals surface area (Å²) < 4.78 is 27.7. The predicted molar refractivity (Wildman–Crippen MR) is 99.6 cm³/mol. The molecule has 0 unspecified atom stereocenters. The molecular weight excluding hydrogens is 342 g/mol. The van der Waals surface area contributed by atoms with Crippen molar-refractivity contribution in [3.63, 3.8) is 0 Å². The molecule has 5 heteroatoms. The van der Waals surface area contributed by atoms with Crippen molar-refractivity contribution in [2.24, 2.45) is 0 Å². The van der Waals surface area contributed by atoms with Gasteiger partial charge in [-0.05, 0) is 29.3 Å². The Bertz CT molecular complexity index is 923. The van der Waals surface area contributed by atoms with Gasteiger partial charge >= 0.3 is 0 Å². The molecule has 1 N–H and O–H groups in total. The Balaban J connectivity index is 1.87. The van der Waals surface area contributed by atoms with Crippen LogP contribution in [0.25, 0.3) is 11.1 Å². The summed E-state index contributed by atoms with van der Waals surface area (Å²) in [6.45, 7) is 0. The number of hydrogen-bond donors (Lipinski definition) is 1. The van der Waals surface area contributed by atoms with Gasteiger partial charge in [0.2, 0.25) is 10.0 Å². The summed E-state index contributed by atoms with van der Waals surface area (Å²) in [5.74, 6) is -0.104. The van der Waals surface area contributed by atoms with Crippen LogP contribution < -0.4 is 4.72 Å². The first-order valence-electron chi connectivity index (χ1n) is 7.43. The van der Waals surface area contributed by atoms with Gasteiger partial charge in [-0.1, -0.05) is 72.3 Å². The van der Waals surface area contributed by atoms with Crippen molar-refractivity contribution in [1.82, 2.24) is 0 Å². The lowest BCUT2D eigenvalue weighted by atomic mass is 10.0. The third-order valence-electron chi connectivity index (χ3n) is 3.55. The molecule has 0 aliphatic rings. The number of sulfonamides is 1. The summed E-state index contributed by atoms with van der Waals surface area (Å²) in [6.07, 6.45) is 0. The quantitative estimate of drug-likeness (QED) is 0.702. The van der Waals surface area contributed by atoms with Gasteiger partial charge in [-0.2, -0.15) is 0 Å². The first kappa shape index (κ1) is 16.6. The number of benzene rings is 3.